The van der Waals surface area contributed by atoms with Gasteiger partial charge in [0.25, 0.3) is 5.91 Å². The first-order valence-electron chi connectivity index (χ1n) is 8.14. The molecule has 1 aliphatic heterocycles. The van der Waals surface area contributed by atoms with Crippen LogP contribution in [0.15, 0.2) is 41.0 Å². The summed E-state index contributed by atoms with van der Waals surface area (Å²) in [6.45, 7) is 0.468. The van der Waals surface area contributed by atoms with Crippen LogP contribution in [0.3, 0.4) is 0 Å². The highest BCUT2D eigenvalue weighted by atomic mass is 16.5. The first kappa shape index (κ1) is 17.5. The van der Waals surface area contributed by atoms with Gasteiger partial charge in [0, 0.05) is 12.1 Å². The minimum Gasteiger partial charge on any atom is -0.495 e. The molecule has 136 valence electrons. The topological polar surface area (TPSA) is 115 Å². The predicted octanol–water partition coefficient (Wildman–Crippen LogP) is 1.63. The van der Waals surface area contributed by atoms with Crippen LogP contribution in [-0.2, 0) is 4.79 Å². The number of carbonyl (C=O) groups excluding carboxylic acids is 3. The molecule has 1 fully saturated rings. The molecule has 3 N–H and O–H groups in total. The van der Waals surface area contributed by atoms with E-state index in [2.05, 4.69) is 5.32 Å². The number of nitrogens with zero attached hydrogens (tertiary/aromatic N) is 1. The number of nitrogens with two attached hydrogens (primary N) is 1. The maximum Gasteiger partial charge on any atom is 0.290 e. The van der Waals surface area contributed by atoms with Crippen LogP contribution in [0.4, 0.5) is 5.69 Å². The molecule has 0 unspecified atom stereocenters. The smallest absolute Gasteiger partial charge is 0.290 e. The number of primary amides is 1. The first-order chi connectivity index (χ1) is 12.5. The highest BCUT2D eigenvalue weighted by molar-refractivity contribution is 6.02. The number of methoxy groups -OCH3 is 1. The number of hydrogen-bond donors (Lipinski definition) is 2. The molecule has 1 saturated heterocycles. The van der Waals surface area contributed by atoms with Crippen LogP contribution in [-0.4, -0.2) is 42.3 Å². The molecule has 2 aromatic rings. The van der Waals surface area contributed by atoms with Crippen molar-refractivity contribution in [3.8, 4) is 5.75 Å². The van der Waals surface area contributed by atoms with Gasteiger partial charge in [-0.25, -0.2) is 0 Å². The maximum atomic E-state index is 12.7. The Kier molecular flexibility index (Phi) is 4.92. The number of nitrogens with one attached hydrogen (secondary N) is 1. The fourth-order valence-electron chi connectivity index (χ4n) is 3.00. The zero-order chi connectivity index (χ0) is 18.7. The molecule has 3 amide bonds. The first-order valence-corrected chi connectivity index (χ1v) is 8.14. The van der Waals surface area contributed by atoms with E-state index in [4.69, 9.17) is 14.9 Å². The SMILES string of the molecule is COc1ccc(C(N)=O)cc1NC(=O)[C@@H]1CCCN1C(=O)c1ccco1. The number of hydrogen-bond acceptors (Lipinski definition) is 5. The van der Waals surface area contributed by atoms with Crippen LogP contribution in [0.25, 0.3) is 0 Å². The van der Waals surface area contributed by atoms with E-state index >= 15 is 0 Å². The van der Waals surface area contributed by atoms with E-state index in [9.17, 15) is 14.4 Å². The van der Waals surface area contributed by atoms with E-state index < -0.39 is 11.9 Å². The second-order valence-corrected chi connectivity index (χ2v) is 5.90. The summed E-state index contributed by atoms with van der Waals surface area (Å²) in [5.74, 6) is -0.713. The van der Waals surface area contributed by atoms with E-state index in [0.717, 1.165) is 0 Å². The molecule has 0 aliphatic carbocycles. The normalized spacial score (nSPS) is 16.3. The molecule has 0 spiro atoms. The van der Waals surface area contributed by atoms with Crippen molar-refractivity contribution >= 4 is 23.4 Å². The van der Waals surface area contributed by atoms with Crippen LogP contribution in [0.5, 0.6) is 5.75 Å². The standard InChI is InChI=1S/C18H19N3O5/c1-25-14-7-6-11(16(19)22)10-12(14)20-17(23)13-4-2-8-21(13)18(24)15-5-3-9-26-15/h3,5-7,9-10,13H,2,4,8H2,1H3,(H2,19,22)(H,20,23)/t13-/m0/s1. The lowest BCUT2D eigenvalue weighted by atomic mass is 10.1. The van der Waals surface area contributed by atoms with Gasteiger partial charge >= 0.3 is 0 Å². The second kappa shape index (κ2) is 7.30. The number of ether oxygens (including phenoxy) is 1. The van der Waals surface area contributed by atoms with Crippen LogP contribution >= 0.6 is 0 Å². The molecular formula is C18H19N3O5. The van der Waals surface area contributed by atoms with E-state index in [0.29, 0.717) is 30.8 Å². The third-order valence-corrected chi connectivity index (χ3v) is 4.29. The van der Waals surface area contributed by atoms with Gasteiger partial charge in [0.15, 0.2) is 5.76 Å². The Morgan fingerprint density at radius 2 is 2.12 bits per heavy atom. The Labute approximate surface area is 149 Å². The Bertz CT molecular complexity index is 831. The van der Waals surface area contributed by atoms with Crippen LogP contribution in [0, 0.1) is 0 Å². The monoisotopic (exact) mass is 357 g/mol. The third-order valence-electron chi connectivity index (χ3n) is 4.29. The number of carbonyl (C=O) groups is 3. The van der Waals surface area contributed by atoms with Gasteiger partial charge < -0.3 is 25.1 Å². The molecule has 0 bridgehead atoms. The number of rotatable bonds is 5. The fourth-order valence-corrected chi connectivity index (χ4v) is 3.00. The van der Waals surface area contributed by atoms with Gasteiger partial charge in [-0.3, -0.25) is 14.4 Å². The van der Waals surface area contributed by atoms with Crippen molar-refractivity contribution in [3.63, 3.8) is 0 Å². The van der Waals surface area contributed by atoms with Crippen molar-refractivity contribution < 1.29 is 23.5 Å². The quantitative estimate of drug-likeness (QED) is 0.844. The number of likely N-dealkylation sites (tertiary alicyclic amines) is 1. The van der Waals surface area contributed by atoms with Gasteiger partial charge in [-0.15, -0.1) is 0 Å². The summed E-state index contributed by atoms with van der Waals surface area (Å²) >= 11 is 0. The minimum atomic E-state index is -0.630. The van der Waals surface area contributed by atoms with Crippen molar-refractivity contribution in [2.75, 3.05) is 19.0 Å². The molecule has 1 aromatic carbocycles. The Balaban J connectivity index is 1.80. The zero-order valence-electron chi connectivity index (χ0n) is 14.2. The lowest BCUT2D eigenvalue weighted by Gasteiger charge is -2.23. The maximum absolute atomic E-state index is 12.7. The lowest BCUT2D eigenvalue weighted by molar-refractivity contribution is -0.119. The van der Waals surface area contributed by atoms with Crippen LogP contribution in [0.1, 0.15) is 33.8 Å². The number of furan rings is 1. The Morgan fingerprint density at radius 3 is 2.77 bits per heavy atom. The molecule has 26 heavy (non-hydrogen) atoms. The molecule has 0 saturated carbocycles. The van der Waals surface area contributed by atoms with Gasteiger partial charge in [0.2, 0.25) is 11.8 Å². The lowest BCUT2D eigenvalue weighted by Crippen LogP contribution is -2.43. The largest absolute Gasteiger partial charge is 0.495 e. The zero-order valence-corrected chi connectivity index (χ0v) is 14.2. The van der Waals surface area contributed by atoms with E-state index in [-0.39, 0.29) is 23.1 Å². The summed E-state index contributed by atoms with van der Waals surface area (Å²) in [6, 6.07) is 7.07. The van der Waals surface area contributed by atoms with Crippen molar-refractivity contribution in [1.29, 1.82) is 0 Å². The van der Waals surface area contributed by atoms with E-state index in [1.165, 1.54) is 30.4 Å². The molecule has 1 atom stereocenters. The average Bonchev–Trinajstić information content (AvgIpc) is 3.32. The summed E-state index contributed by atoms with van der Waals surface area (Å²) in [4.78, 5) is 38.1. The third kappa shape index (κ3) is 3.39. The number of benzene rings is 1. The summed E-state index contributed by atoms with van der Waals surface area (Å²) in [6.07, 6.45) is 2.66. The molecular weight excluding hydrogens is 338 g/mol. The minimum absolute atomic E-state index is 0.193. The highest BCUT2D eigenvalue weighted by Gasteiger charge is 2.35. The van der Waals surface area contributed by atoms with Gasteiger partial charge in [-0.1, -0.05) is 0 Å². The van der Waals surface area contributed by atoms with Crippen LogP contribution in [0.2, 0.25) is 0 Å². The Hall–Kier alpha value is -3.29. The Morgan fingerprint density at radius 1 is 1.31 bits per heavy atom. The van der Waals surface area contributed by atoms with Crippen molar-refractivity contribution in [1.82, 2.24) is 4.90 Å². The molecule has 3 rings (SSSR count). The van der Waals surface area contributed by atoms with Gasteiger partial charge in [0.1, 0.15) is 11.8 Å². The van der Waals surface area contributed by atoms with Gasteiger partial charge in [-0.05, 0) is 43.2 Å². The molecule has 8 heteroatoms. The average molecular weight is 357 g/mol. The summed E-state index contributed by atoms with van der Waals surface area (Å²) in [7, 11) is 1.46. The molecule has 0 radical (unpaired) electrons. The van der Waals surface area contributed by atoms with Crippen LogP contribution < -0.4 is 15.8 Å². The summed E-state index contributed by atoms with van der Waals surface area (Å²) in [5.41, 5.74) is 5.86. The van der Waals surface area contributed by atoms with E-state index in [1.807, 2.05) is 0 Å². The number of anilines is 1. The molecule has 8 nitrogen and oxygen atoms in total. The summed E-state index contributed by atoms with van der Waals surface area (Å²) < 4.78 is 10.4. The number of amides is 3. The van der Waals surface area contributed by atoms with Crippen molar-refractivity contribution in [2.24, 2.45) is 5.73 Å². The van der Waals surface area contributed by atoms with E-state index in [1.54, 1.807) is 18.2 Å². The molecule has 1 aromatic heterocycles. The fraction of sp³-hybridized carbons (Fsp3) is 0.278. The predicted molar refractivity (Wildman–Crippen MR) is 92.9 cm³/mol. The summed E-state index contributed by atoms with van der Waals surface area (Å²) in [5, 5.41) is 2.73. The molecule has 1 aliphatic rings. The second-order valence-electron chi connectivity index (χ2n) is 5.90. The van der Waals surface area contributed by atoms with Crippen molar-refractivity contribution in [2.45, 2.75) is 18.9 Å². The van der Waals surface area contributed by atoms with Gasteiger partial charge in [-0.2, -0.15) is 0 Å². The molecule has 2 heterocycles. The van der Waals surface area contributed by atoms with Gasteiger partial charge in [0.05, 0.1) is 19.1 Å². The highest BCUT2D eigenvalue weighted by Crippen LogP contribution is 2.27. The van der Waals surface area contributed by atoms with Crippen molar-refractivity contribution in [3.05, 3.63) is 47.9 Å².